The van der Waals surface area contributed by atoms with Crippen LogP contribution in [-0.4, -0.2) is 25.5 Å². The van der Waals surface area contributed by atoms with Crippen LogP contribution < -0.4 is 10.6 Å². The van der Waals surface area contributed by atoms with Crippen molar-refractivity contribution in [1.82, 2.24) is 10.6 Å². The summed E-state index contributed by atoms with van der Waals surface area (Å²) in [5.41, 5.74) is 0.691. The van der Waals surface area contributed by atoms with Crippen molar-refractivity contribution in [3.05, 3.63) is 41.7 Å². The van der Waals surface area contributed by atoms with Gasteiger partial charge >= 0.3 is 0 Å². The molecule has 1 aromatic carbocycles. The highest BCUT2D eigenvalue weighted by atomic mass is 35.5. The summed E-state index contributed by atoms with van der Waals surface area (Å²) in [4.78, 5) is 11.6. The minimum Gasteiger partial charge on any atom is -0.353 e. The predicted octanol–water partition coefficient (Wildman–Crippen LogP) is 2.77. The molecule has 0 bridgehead atoms. The van der Waals surface area contributed by atoms with Gasteiger partial charge in [-0.25, -0.2) is 4.39 Å². The number of halogens is 2. The minimum absolute atomic E-state index is 0. The van der Waals surface area contributed by atoms with Gasteiger partial charge in [-0.15, -0.1) is 12.4 Å². The highest BCUT2D eigenvalue weighted by molar-refractivity contribution is 5.91. The Hall–Kier alpha value is -1.39. The number of piperidine rings is 1. The zero-order valence-electron chi connectivity index (χ0n) is 12.0. The molecular formula is C16H22ClFN2O. The summed E-state index contributed by atoms with van der Waals surface area (Å²) in [6.07, 6.45) is 6.54. The first-order valence-electron chi connectivity index (χ1n) is 7.16. The molecule has 1 aliphatic heterocycles. The van der Waals surface area contributed by atoms with Crippen LogP contribution in [0.2, 0.25) is 0 Å². The molecule has 1 aliphatic rings. The highest BCUT2D eigenvalue weighted by Crippen LogP contribution is 2.12. The van der Waals surface area contributed by atoms with Crippen LogP contribution in [-0.2, 0) is 4.79 Å². The van der Waals surface area contributed by atoms with Gasteiger partial charge in [0.15, 0.2) is 0 Å². The largest absolute Gasteiger partial charge is 0.353 e. The van der Waals surface area contributed by atoms with Crippen molar-refractivity contribution in [3.63, 3.8) is 0 Å². The third kappa shape index (κ3) is 6.74. The van der Waals surface area contributed by atoms with E-state index < -0.39 is 0 Å². The molecule has 1 aromatic rings. The number of benzene rings is 1. The Balaban J connectivity index is 0.00000220. The lowest BCUT2D eigenvalue weighted by atomic mass is 9.96. The molecule has 116 valence electrons. The molecule has 1 fully saturated rings. The van der Waals surface area contributed by atoms with Crippen LogP contribution in [0.1, 0.15) is 24.8 Å². The predicted molar refractivity (Wildman–Crippen MR) is 85.9 cm³/mol. The van der Waals surface area contributed by atoms with Gasteiger partial charge in [-0.05, 0) is 62.0 Å². The lowest BCUT2D eigenvalue weighted by Gasteiger charge is -2.22. The van der Waals surface area contributed by atoms with E-state index in [-0.39, 0.29) is 24.1 Å². The molecule has 0 aromatic heterocycles. The van der Waals surface area contributed by atoms with E-state index in [9.17, 15) is 9.18 Å². The van der Waals surface area contributed by atoms with Crippen molar-refractivity contribution < 1.29 is 9.18 Å². The summed E-state index contributed by atoms with van der Waals surface area (Å²) in [5.74, 6) is 0.242. The van der Waals surface area contributed by atoms with Gasteiger partial charge in [0, 0.05) is 12.6 Å². The second-order valence-electron chi connectivity index (χ2n) is 5.18. The van der Waals surface area contributed by atoms with Gasteiger partial charge in [0.05, 0.1) is 0 Å². The Kier molecular flexibility index (Phi) is 8.01. The van der Waals surface area contributed by atoms with Crippen molar-refractivity contribution >= 4 is 24.4 Å². The lowest BCUT2D eigenvalue weighted by molar-refractivity contribution is -0.116. The van der Waals surface area contributed by atoms with Crippen molar-refractivity contribution in [3.8, 4) is 0 Å². The van der Waals surface area contributed by atoms with E-state index in [0.29, 0.717) is 18.0 Å². The second kappa shape index (κ2) is 9.53. The number of carbonyl (C=O) groups excluding carboxylic acids is 1. The molecule has 1 unspecified atom stereocenters. The Labute approximate surface area is 131 Å². The molecule has 5 heteroatoms. The van der Waals surface area contributed by atoms with Gasteiger partial charge in [-0.2, -0.15) is 0 Å². The summed E-state index contributed by atoms with van der Waals surface area (Å²) in [6, 6.07) is 6.18. The SMILES string of the molecule is Cl.O=C(C=Cc1cccc(F)c1)NCCC1CCCNC1. The van der Waals surface area contributed by atoms with E-state index in [1.807, 2.05) is 0 Å². The molecule has 0 spiro atoms. The zero-order chi connectivity index (χ0) is 14.2. The molecule has 1 saturated heterocycles. The first kappa shape index (κ1) is 17.7. The Morgan fingerprint density at radius 3 is 3.05 bits per heavy atom. The zero-order valence-corrected chi connectivity index (χ0v) is 12.8. The van der Waals surface area contributed by atoms with E-state index in [2.05, 4.69) is 10.6 Å². The maximum absolute atomic E-state index is 13.0. The van der Waals surface area contributed by atoms with Gasteiger partial charge in [0.2, 0.25) is 5.91 Å². The lowest BCUT2D eigenvalue weighted by Crippen LogP contribution is -2.32. The van der Waals surface area contributed by atoms with Crippen LogP contribution in [0.5, 0.6) is 0 Å². The van der Waals surface area contributed by atoms with Crippen LogP contribution in [0.3, 0.4) is 0 Å². The molecular weight excluding hydrogens is 291 g/mol. The number of hydrogen-bond acceptors (Lipinski definition) is 2. The van der Waals surface area contributed by atoms with Crippen LogP contribution >= 0.6 is 12.4 Å². The fraction of sp³-hybridized carbons (Fsp3) is 0.438. The van der Waals surface area contributed by atoms with Crippen molar-refractivity contribution in [1.29, 1.82) is 0 Å². The molecule has 0 aliphatic carbocycles. The number of carbonyl (C=O) groups is 1. The van der Waals surface area contributed by atoms with Crippen LogP contribution in [0, 0.1) is 11.7 Å². The summed E-state index contributed by atoms with van der Waals surface area (Å²) < 4.78 is 13.0. The highest BCUT2D eigenvalue weighted by Gasteiger charge is 2.12. The number of nitrogens with one attached hydrogen (secondary N) is 2. The van der Waals surface area contributed by atoms with Crippen LogP contribution in [0.15, 0.2) is 30.3 Å². The smallest absolute Gasteiger partial charge is 0.243 e. The summed E-state index contributed by atoms with van der Waals surface area (Å²) in [5, 5.41) is 6.23. The molecule has 2 rings (SSSR count). The first-order chi connectivity index (χ1) is 9.74. The molecule has 2 N–H and O–H groups in total. The normalized spacial score (nSPS) is 18.2. The van der Waals surface area contributed by atoms with E-state index in [4.69, 9.17) is 0 Å². The standard InChI is InChI=1S/C16H21FN2O.ClH/c17-15-5-1-3-13(11-15)6-7-16(20)19-10-8-14-4-2-9-18-12-14;/h1,3,5-7,11,14,18H,2,4,8-10,12H2,(H,19,20);1H. The van der Waals surface area contributed by atoms with Crippen LogP contribution in [0.4, 0.5) is 4.39 Å². The molecule has 1 amide bonds. The molecule has 0 radical (unpaired) electrons. The number of rotatable bonds is 5. The third-order valence-corrected chi connectivity index (χ3v) is 3.53. The molecule has 3 nitrogen and oxygen atoms in total. The van der Waals surface area contributed by atoms with Crippen molar-refractivity contribution in [2.75, 3.05) is 19.6 Å². The Morgan fingerprint density at radius 2 is 2.33 bits per heavy atom. The van der Waals surface area contributed by atoms with Gasteiger partial charge < -0.3 is 10.6 Å². The fourth-order valence-electron chi connectivity index (χ4n) is 2.41. The van der Waals surface area contributed by atoms with E-state index in [1.54, 1.807) is 18.2 Å². The molecule has 1 atom stereocenters. The minimum atomic E-state index is -0.294. The molecule has 1 heterocycles. The maximum atomic E-state index is 13.0. The molecule has 0 saturated carbocycles. The topological polar surface area (TPSA) is 41.1 Å². The van der Waals surface area contributed by atoms with E-state index in [0.717, 1.165) is 19.5 Å². The van der Waals surface area contributed by atoms with Gasteiger partial charge in [-0.1, -0.05) is 12.1 Å². The Bertz CT molecular complexity index is 473. The average molecular weight is 313 g/mol. The van der Waals surface area contributed by atoms with Crippen molar-refractivity contribution in [2.24, 2.45) is 5.92 Å². The van der Waals surface area contributed by atoms with Gasteiger partial charge in [-0.3, -0.25) is 4.79 Å². The van der Waals surface area contributed by atoms with Crippen molar-refractivity contribution in [2.45, 2.75) is 19.3 Å². The Morgan fingerprint density at radius 1 is 1.48 bits per heavy atom. The van der Waals surface area contributed by atoms with E-state index in [1.165, 1.54) is 31.1 Å². The number of amides is 1. The summed E-state index contributed by atoms with van der Waals surface area (Å²) >= 11 is 0. The van der Waals surface area contributed by atoms with Gasteiger partial charge in [0.25, 0.3) is 0 Å². The number of hydrogen-bond donors (Lipinski definition) is 2. The molecule has 21 heavy (non-hydrogen) atoms. The second-order valence-corrected chi connectivity index (χ2v) is 5.18. The monoisotopic (exact) mass is 312 g/mol. The van der Waals surface area contributed by atoms with E-state index >= 15 is 0 Å². The van der Waals surface area contributed by atoms with Gasteiger partial charge in [0.1, 0.15) is 5.82 Å². The fourth-order valence-corrected chi connectivity index (χ4v) is 2.41. The average Bonchev–Trinajstić information content (AvgIpc) is 2.46. The summed E-state index contributed by atoms with van der Waals surface area (Å²) in [6.45, 7) is 2.85. The quantitative estimate of drug-likeness (QED) is 0.821. The summed E-state index contributed by atoms with van der Waals surface area (Å²) in [7, 11) is 0. The third-order valence-electron chi connectivity index (χ3n) is 3.53. The first-order valence-corrected chi connectivity index (χ1v) is 7.16. The maximum Gasteiger partial charge on any atom is 0.243 e. The van der Waals surface area contributed by atoms with Crippen LogP contribution in [0.25, 0.3) is 6.08 Å².